The minimum atomic E-state index is -0.497. The van der Waals surface area contributed by atoms with E-state index >= 15 is 0 Å². The number of likely N-dealkylation sites (N-methyl/N-ethyl adjacent to an activating group) is 1. The van der Waals surface area contributed by atoms with Gasteiger partial charge in [-0.15, -0.1) is 0 Å². The molecule has 0 fully saturated rings. The first-order valence-corrected chi connectivity index (χ1v) is 13.7. The maximum Gasteiger partial charge on any atom is 0.410 e. The molecule has 0 radical (unpaired) electrons. The third kappa shape index (κ3) is 6.08. The molecule has 0 bridgehead atoms. The first-order valence-electron chi connectivity index (χ1n) is 12.9. The van der Waals surface area contributed by atoms with Crippen LogP contribution in [0.15, 0.2) is 42.6 Å². The summed E-state index contributed by atoms with van der Waals surface area (Å²) in [5.74, 6) is 0. The highest BCUT2D eigenvalue weighted by Crippen LogP contribution is 2.33. The van der Waals surface area contributed by atoms with Gasteiger partial charge in [0.05, 0.1) is 15.9 Å². The van der Waals surface area contributed by atoms with Crippen LogP contribution in [0.1, 0.15) is 32.9 Å². The molecule has 3 N–H and O–H groups in total. The second-order valence-corrected chi connectivity index (χ2v) is 11.8. The van der Waals surface area contributed by atoms with E-state index in [1.807, 2.05) is 33.0 Å². The number of carbonyl (C=O) groups is 1. The summed E-state index contributed by atoms with van der Waals surface area (Å²) >= 11 is 1.66. The number of pyridine rings is 1. The van der Waals surface area contributed by atoms with Crippen LogP contribution >= 0.6 is 11.3 Å². The van der Waals surface area contributed by atoms with Crippen LogP contribution in [0.3, 0.4) is 0 Å². The number of hydrogen-bond donors (Lipinski definition) is 3. The molecule has 3 aromatic heterocycles. The molecule has 1 aliphatic heterocycles. The summed E-state index contributed by atoms with van der Waals surface area (Å²) < 4.78 is 6.64. The third-order valence-electron chi connectivity index (χ3n) is 6.24. The van der Waals surface area contributed by atoms with Gasteiger partial charge in [0, 0.05) is 49.1 Å². The Labute approximate surface area is 226 Å². The molecular weight excluding hydrogens is 498 g/mol. The average Bonchev–Trinajstić information content (AvgIpc) is 3.47. The highest BCUT2D eigenvalue weighted by atomic mass is 32.1. The van der Waals surface area contributed by atoms with Crippen molar-refractivity contribution in [2.24, 2.45) is 0 Å². The van der Waals surface area contributed by atoms with Crippen LogP contribution in [-0.2, 0) is 4.74 Å². The van der Waals surface area contributed by atoms with Crippen LogP contribution in [0, 0.1) is 0 Å². The van der Waals surface area contributed by atoms with Crippen molar-refractivity contribution in [2.75, 3.05) is 50.9 Å². The van der Waals surface area contributed by atoms with E-state index in [1.54, 1.807) is 16.2 Å². The van der Waals surface area contributed by atoms with E-state index < -0.39 is 5.60 Å². The molecule has 0 saturated carbocycles. The second kappa shape index (κ2) is 10.6. The van der Waals surface area contributed by atoms with Crippen molar-refractivity contribution < 1.29 is 9.53 Å². The van der Waals surface area contributed by atoms with Gasteiger partial charge in [0.1, 0.15) is 11.2 Å². The minimum Gasteiger partial charge on any atom is -0.444 e. The summed E-state index contributed by atoms with van der Waals surface area (Å²) in [5, 5.41) is 8.94. The number of hydrogen-bond acceptors (Lipinski definition) is 8. The maximum atomic E-state index is 12.4. The van der Waals surface area contributed by atoms with Gasteiger partial charge in [0.2, 0.25) is 0 Å². The number of aromatic amines is 1. The van der Waals surface area contributed by atoms with Crippen LogP contribution in [0.5, 0.6) is 0 Å². The molecule has 0 unspecified atom stereocenters. The van der Waals surface area contributed by atoms with Crippen LogP contribution in [0.2, 0.25) is 0 Å². The summed E-state index contributed by atoms with van der Waals surface area (Å²) in [6.45, 7) is 8.62. The molecule has 0 atom stereocenters. The normalized spacial score (nSPS) is 14.3. The molecule has 200 valence electrons. The number of nitrogens with one attached hydrogen (secondary N) is 3. The number of fused-ring (bicyclic) bond motifs is 2. The summed E-state index contributed by atoms with van der Waals surface area (Å²) in [6, 6.07) is 10.4. The fraction of sp³-hybridized carbons (Fsp3) is 0.393. The Morgan fingerprint density at radius 2 is 2.08 bits per heavy atom. The van der Waals surface area contributed by atoms with Crippen LogP contribution in [0.25, 0.3) is 26.8 Å². The highest BCUT2D eigenvalue weighted by molar-refractivity contribution is 7.22. The number of anilines is 3. The Morgan fingerprint density at radius 1 is 1.24 bits per heavy atom. The standard InChI is InChI=1S/C28H35N7O2S/c1-28(2,3)37-27(36)35-13-9-18(10-14-35)23-17-20-21(8-11-29-25(20)32-23)31-19-6-7-22-24(16-19)38-26(33-22)30-12-15-34(4)5/h6-9,11,16-17H,10,12-15H2,1-5H3,(H,30,33)(H2,29,31,32). The molecule has 9 nitrogen and oxygen atoms in total. The van der Waals surface area contributed by atoms with E-state index in [2.05, 4.69) is 69.9 Å². The van der Waals surface area contributed by atoms with Gasteiger partial charge in [0.25, 0.3) is 0 Å². The summed E-state index contributed by atoms with van der Waals surface area (Å²) in [7, 11) is 4.13. The zero-order chi connectivity index (χ0) is 26.9. The molecule has 0 saturated heterocycles. The van der Waals surface area contributed by atoms with Crippen molar-refractivity contribution in [1.29, 1.82) is 0 Å². The molecule has 0 spiro atoms. The number of amides is 1. The van der Waals surface area contributed by atoms with Crippen LogP contribution in [0.4, 0.5) is 21.3 Å². The molecule has 5 rings (SSSR count). The van der Waals surface area contributed by atoms with Gasteiger partial charge in [-0.05, 0) is 77.2 Å². The smallest absolute Gasteiger partial charge is 0.410 e. The van der Waals surface area contributed by atoms with Crippen molar-refractivity contribution in [3.05, 3.63) is 48.3 Å². The van der Waals surface area contributed by atoms with Crippen molar-refractivity contribution in [3.8, 4) is 0 Å². The van der Waals surface area contributed by atoms with E-state index in [9.17, 15) is 4.79 Å². The fourth-order valence-electron chi connectivity index (χ4n) is 4.33. The summed E-state index contributed by atoms with van der Waals surface area (Å²) in [6.07, 6.45) is 4.38. The Hall–Kier alpha value is -3.63. The van der Waals surface area contributed by atoms with Gasteiger partial charge in [-0.25, -0.2) is 14.8 Å². The number of carbonyl (C=O) groups excluding carboxylic acids is 1. The third-order valence-corrected chi connectivity index (χ3v) is 7.22. The average molecular weight is 534 g/mol. The Balaban J connectivity index is 1.31. The van der Waals surface area contributed by atoms with Crippen LogP contribution < -0.4 is 10.6 Å². The summed E-state index contributed by atoms with van der Waals surface area (Å²) in [4.78, 5) is 29.0. The van der Waals surface area contributed by atoms with Crippen molar-refractivity contribution >= 4 is 60.8 Å². The van der Waals surface area contributed by atoms with E-state index in [1.165, 1.54) is 5.57 Å². The molecule has 10 heteroatoms. The van der Waals surface area contributed by atoms with Crippen molar-refractivity contribution in [2.45, 2.75) is 32.8 Å². The monoisotopic (exact) mass is 533 g/mol. The largest absolute Gasteiger partial charge is 0.444 e. The molecular formula is C28H35N7O2S. The Morgan fingerprint density at radius 3 is 2.82 bits per heavy atom. The van der Waals surface area contributed by atoms with E-state index in [0.29, 0.717) is 13.1 Å². The number of H-pyrrole nitrogens is 1. The first-order chi connectivity index (χ1) is 18.1. The predicted octanol–water partition coefficient (Wildman–Crippen LogP) is 5.91. The van der Waals surface area contributed by atoms with Gasteiger partial charge in [-0.3, -0.25) is 0 Å². The predicted molar refractivity (Wildman–Crippen MR) is 156 cm³/mol. The van der Waals surface area contributed by atoms with Gasteiger partial charge >= 0.3 is 6.09 Å². The molecule has 1 amide bonds. The zero-order valence-corrected chi connectivity index (χ0v) is 23.4. The number of rotatable bonds is 7. The second-order valence-electron chi connectivity index (χ2n) is 10.8. The molecule has 38 heavy (non-hydrogen) atoms. The fourth-order valence-corrected chi connectivity index (χ4v) is 5.27. The lowest BCUT2D eigenvalue weighted by Crippen LogP contribution is -2.39. The lowest BCUT2D eigenvalue weighted by Gasteiger charge is -2.29. The first kappa shape index (κ1) is 26.0. The number of ether oxygens (including phenoxy) is 1. The van der Waals surface area contributed by atoms with E-state index in [-0.39, 0.29) is 6.09 Å². The van der Waals surface area contributed by atoms with Gasteiger partial charge in [-0.2, -0.15) is 0 Å². The zero-order valence-electron chi connectivity index (χ0n) is 22.6. The quantitative estimate of drug-likeness (QED) is 0.271. The molecule has 0 aliphatic carbocycles. The Kier molecular flexibility index (Phi) is 7.27. The van der Waals surface area contributed by atoms with Gasteiger partial charge < -0.3 is 30.2 Å². The van der Waals surface area contributed by atoms with Crippen molar-refractivity contribution in [3.63, 3.8) is 0 Å². The van der Waals surface area contributed by atoms with E-state index in [0.717, 1.165) is 63.0 Å². The Bertz CT molecular complexity index is 1480. The van der Waals surface area contributed by atoms with E-state index in [4.69, 9.17) is 9.72 Å². The number of nitrogens with zero attached hydrogens (tertiary/aromatic N) is 4. The van der Waals surface area contributed by atoms with Crippen molar-refractivity contribution in [1.82, 2.24) is 24.8 Å². The lowest BCUT2D eigenvalue weighted by atomic mass is 10.0. The maximum absolute atomic E-state index is 12.4. The molecule has 1 aliphatic rings. The highest BCUT2D eigenvalue weighted by Gasteiger charge is 2.24. The lowest BCUT2D eigenvalue weighted by molar-refractivity contribution is 0.0270. The number of benzene rings is 1. The topological polar surface area (TPSA) is 98.4 Å². The number of aromatic nitrogens is 3. The van der Waals surface area contributed by atoms with Gasteiger partial charge in [-0.1, -0.05) is 17.4 Å². The molecule has 4 heterocycles. The van der Waals surface area contributed by atoms with Crippen LogP contribution in [-0.4, -0.2) is 76.7 Å². The minimum absolute atomic E-state index is 0.271. The van der Waals surface area contributed by atoms with Gasteiger partial charge in [0.15, 0.2) is 5.13 Å². The SMILES string of the molecule is CN(C)CCNc1nc2ccc(Nc3ccnc4[nH]c(C5=CCN(C(=O)OC(C)(C)C)CC5)cc34)cc2s1. The molecule has 1 aromatic carbocycles. The summed E-state index contributed by atoms with van der Waals surface area (Å²) in [5.41, 5.74) is 5.50. The number of thiazole rings is 1. The molecule has 4 aromatic rings.